The zero-order chi connectivity index (χ0) is 19.8. The monoisotopic (exact) mass is 401 g/mol. The molecule has 0 aromatic heterocycles. The third-order valence-electron chi connectivity index (χ3n) is 5.69. The first-order valence-corrected chi connectivity index (χ1v) is 10.2. The summed E-state index contributed by atoms with van der Waals surface area (Å²) in [6, 6.07) is 25.0. The molecule has 0 bridgehead atoms. The van der Waals surface area contributed by atoms with Crippen LogP contribution in [0.2, 0.25) is 5.02 Å². The highest BCUT2D eigenvalue weighted by molar-refractivity contribution is 6.31. The number of nitrogens with zero attached hydrogens (tertiary/aromatic N) is 2. The van der Waals surface area contributed by atoms with E-state index in [0.717, 1.165) is 35.4 Å². The van der Waals surface area contributed by atoms with Gasteiger partial charge < -0.3 is 5.32 Å². The highest BCUT2D eigenvalue weighted by Gasteiger charge is 2.44. The van der Waals surface area contributed by atoms with E-state index >= 15 is 0 Å². The number of nitrogens with one attached hydrogen (secondary N) is 1. The Labute approximate surface area is 174 Å². The summed E-state index contributed by atoms with van der Waals surface area (Å²) in [7, 11) is 0. The van der Waals surface area contributed by atoms with E-state index in [1.165, 1.54) is 5.56 Å². The average molecular weight is 402 g/mol. The minimum Gasteiger partial charge on any atom is -0.306 e. The smallest absolute Gasteiger partial charge is 0.306 e. The van der Waals surface area contributed by atoms with Gasteiger partial charge >= 0.3 is 6.03 Å². The average Bonchev–Trinajstić information content (AvgIpc) is 3.15. The molecule has 0 radical (unpaired) electrons. The molecule has 144 valence electrons. The molecule has 1 aliphatic heterocycles. The van der Waals surface area contributed by atoms with Crippen molar-refractivity contribution in [2.24, 2.45) is 11.0 Å². The normalized spacial score (nSPS) is 19.9. The lowest BCUT2D eigenvalue weighted by Gasteiger charge is -2.30. The van der Waals surface area contributed by atoms with Crippen LogP contribution >= 0.6 is 11.6 Å². The Morgan fingerprint density at radius 1 is 0.966 bits per heavy atom. The molecule has 0 fully saturated rings. The lowest BCUT2D eigenvalue weighted by Crippen LogP contribution is -2.35. The van der Waals surface area contributed by atoms with Crippen LogP contribution in [-0.4, -0.2) is 16.8 Å². The number of carbonyl (C=O) groups is 1. The van der Waals surface area contributed by atoms with Crippen molar-refractivity contribution in [2.75, 3.05) is 5.32 Å². The van der Waals surface area contributed by atoms with Crippen LogP contribution in [0.5, 0.6) is 0 Å². The number of rotatable bonds is 2. The second-order valence-electron chi connectivity index (χ2n) is 7.39. The zero-order valence-corrected chi connectivity index (χ0v) is 16.5. The van der Waals surface area contributed by atoms with Crippen molar-refractivity contribution >= 4 is 29.0 Å². The van der Waals surface area contributed by atoms with E-state index in [-0.39, 0.29) is 18.0 Å². The van der Waals surface area contributed by atoms with Crippen LogP contribution in [0.25, 0.3) is 0 Å². The van der Waals surface area contributed by atoms with E-state index < -0.39 is 0 Å². The van der Waals surface area contributed by atoms with Crippen LogP contribution in [0, 0.1) is 5.92 Å². The standard InChI is InChI=1S/C24H20ClN3O/c25-21-13-7-6-12-19(21)23-20-15-14-16-8-4-5-11-18(16)22(20)27-28(23)24(29)26-17-9-2-1-3-10-17/h1-13,20,23H,14-15H2,(H,26,29)/t20-,23-/m1/s1. The summed E-state index contributed by atoms with van der Waals surface area (Å²) in [5, 5.41) is 10.0. The topological polar surface area (TPSA) is 44.7 Å². The van der Waals surface area contributed by atoms with Crippen molar-refractivity contribution in [2.45, 2.75) is 18.9 Å². The predicted molar refractivity (Wildman–Crippen MR) is 116 cm³/mol. The van der Waals surface area contributed by atoms with Gasteiger partial charge in [-0.3, -0.25) is 0 Å². The number of aryl methyl sites for hydroxylation is 1. The van der Waals surface area contributed by atoms with Gasteiger partial charge in [0.2, 0.25) is 0 Å². The van der Waals surface area contributed by atoms with Crippen molar-refractivity contribution in [3.63, 3.8) is 0 Å². The Morgan fingerprint density at radius 3 is 2.52 bits per heavy atom. The van der Waals surface area contributed by atoms with Crippen LogP contribution in [0.1, 0.15) is 29.2 Å². The molecule has 2 atom stereocenters. The SMILES string of the molecule is O=C(Nc1ccccc1)N1N=C2c3ccccc3CC[C@H]2[C@H]1c1ccccc1Cl. The highest BCUT2D eigenvalue weighted by atomic mass is 35.5. The van der Waals surface area contributed by atoms with Crippen molar-refractivity contribution < 1.29 is 4.79 Å². The van der Waals surface area contributed by atoms with Crippen LogP contribution in [0.4, 0.5) is 10.5 Å². The fourth-order valence-corrected chi connectivity index (χ4v) is 4.60. The van der Waals surface area contributed by atoms with E-state index in [1.807, 2.05) is 60.7 Å². The number of carbonyl (C=O) groups excluding carboxylic acids is 1. The lowest BCUT2D eigenvalue weighted by atomic mass is 9.77. The molecular formula is C24H20ClN3O. The highest BCUT2D eigenvalue weighted by Crippen LogP contribution is 2.45. The number of hydrogen-bond donors (Lipinski definition) is 1. The van der Waals surface area contributed by atoms with Gasteiger partial charge in [-0.25, -0.2) is 9.80 Å². The quantitative estimate of drug-likeness (QED) is 0.571. The van der Waals surface area contributed by atoms with Crippen LogP contribution < -0.4 is 5.32 Å². The number of halogens is 1. The summed E-state index contributed by atoms with van der Waals surface area (Å²) in [4.78, 5) is 13.2. The number of anilines is 1. The first-order valence-electron chi connectivity index (χ1n) is 9.79. The maximum atomic E-state index is 13.2. The maximum absolute atomic E-state index is 13.2. The number of hydrogen-bond acceptors (Lipinski definition) is 2. The molecule has 3 aromatic carbocycles. The number of urea groups is 1. The molecule has 3 aromatic rings. The van der Waals surface area contributed by atoms with E-state index in [1.54, 1.807) is 5.01 Å². The Hall–Kier alpha value is -3.11. The molecule has 0 saturated heterocycles. The number of para-hydroxylation sites is 1. The van der Waals surface area contributed by atoms with Gasteiger partial charge in [0.1, 0.15) is 0 Å². The second-order valence-corrected chi connectivity index (χ2v) is 7.80. The molecular weight excluding hydrogens is 382 g/mol. The summed E-state index contributed by atoms with van der Waals surface area (Å²) in [6.07, 6.45) is 1.90. The van der Waals surface area contributed by atoms with E-state index in [0.29, 0.717) is 5.02 Å². The molecule has 0 spiro atoms. The Morgan fingerprint density at radius 2 is 1.69 bits per heavy atom. The van der Waals surface area contributed by atoms with E-state index in [2.05, 4.69) is 23.5 Å². The van der Waals surface area contributed by atoms with Crippen LogP contribution in [0.15, 0.2) is 84.0 Å². The van der Waals surface area contributed by atoms with Crippen molar-refractivity contribution in [1.82, 2.24) is 5.01 Å². The molecule has 1 aliphatic carbocycles. The number of amides is 2. The van der Waals surface area contributed by atoms with E-state index in [4.69, 9.17) is 16.7 Å². The third-order valence-corrected chi connectivity index (χ3v) is 6.03. The number of hydrazone groups is 1. The maximum Gasteiger partial charge on any atom is 0.342 e. The predicted octanol–water partition coefficient (Wildman–Crippen LogP) is 5.90. The summed E-state index contributed by atoms with van der Waals surface area (Å²) in [6.45, 7) is 0. The van der Waals surface area contributed by atoms with Gasteiger partial charge in [-0.2, -0.15) is 5.10 Å². The largest absolute Gasteiger partial charge is 0.342 e. The Kier molecular flexibility index (Phi) is 4.57. The second kappa shape index (κ2) is 7.37. The summed E-state index contributed by atoms with van der Waals surface area (Å²) in [5.41, 5.74) is 5.06. The van der Waals surface area contributed by atoms with Gasteiger partial charge in [0.05, 0.1) is 11.8 Å². The summed E-state index contributed by atoms with van der Waals surface area (Å²) >= 11 is 6.56. The fraction of sp³-hybridized carbons (Fsp3) is 0.167. The van der Waals surface area contributed by atoms with Gasteiger partial charge in [-0.1, -0.05) is 72.3 Å². The number of fused-ring (bicyclic) bond motifs is 3. The molecule has 1 heterocycles. The first-order chi connectivity index (χ1) is 14.2. The van der Waals surface area contributed by atoms with Crippen molar-refractivity contribution in [1.29, 1.82) is 0 Å². The first kappa shape index (κ1) is 18.0. The number of benzene rings is 3. The Balaban J connectivity index is 1.57. The summed E-state index contributed by atoms with van der Waals surface area (Å²) < 4.78 is 0. The lowest BCUT2D eigenvalue weighted by molar-refractivity contribution is 0.188. The Bertz CT molecular complexity index is 1100. The van der Waals surface area contributed by atoms with Gasteiger partial charge in [0, 0.05) is 22.2 Å². The minimum absolute atomic E-state index is 0.117. The van der Waals surface area contributed by atoms with Crippen LogP contribution in [0.3, 0.4) is 0 Å². The van der Waals surface area contributed by atoms with Gasteiger partial charge in [0.15, 0.2) is 0 Å². The van der Waals surface area contributed by atoms with Gasteiger partial charge in [0.25, 0.3) is 0 Å². The molecule has 2 aliphatic rings. The molecule has 29 heavy (non-hydrogen) atoms. The molecule has 5 heteroatoms. The molecule has 1 N–H and O–H groups in total. The molecule has 0 unspecified atom stereocenters. The van der Waals surface area contributed by atoms with Gasteiger partial charge in [-0.15, -0.1) is 0 Å². The van der Waals surface area contributed by atoms with Crippen molar-refractivity contribution in [3.05, 3.63) is 101 Å². The molecule has 0 saturated carbocycles. The molecule has 4 nitrogen and oxygen atoms in total. The fourth-order valence-electron chi connectivity index (χ4n) is 4.36. The third kappa shape index (κ3) is 3.19. The van der Waals surface area contributed by atoms with E-state index in [9.17, 15) is 4.79 Å². The molecule has 5 rings (SSSR count). The molecule has 2 amide bonds. The van der Waals surface area contributed by atoms with Crippen molar-refractivity contribution in [3.8, 4) is 0 Å². The minimum atomic E-state index is -0.250. The van der Waals surface area contributed by atoms with Crippen LogP contribution in [-0.2, 0) is 6.42 Å². The summed E-state index contributed by atoms with van der Waals surface area (Å²) in [5.74, 6) is 0.117. The zero-order valence-electron chi connectivity index (χ0n) is 15.8. The van der Waals surface area contributed by atoms with Gasteiger partial charge in [-0.05, 0) is 42.2 Å².